The number of aliphatic hydroxyl groups is 1. The Hall–Kier alpha value is -1.69. The average Bonchev–Trinajstić information content (AvgIpc) is 3.21. The van der Waals surface area contributed by atoms with Crippen LogP contribution in [0.2, 0.25) is 0 Å². The summed E-state index contributed by atoms with van der Waals surface area (Å²) in [6.07, 6.45) is -6.79. The topological polar surface area (TPSA) is 96.3 Å². The second-order valence-electron chi connectivity index (χ2n) is 7.89. The first-order valence-corrected chi connectivity index (χ1v) is 12.3. The summed E-state index contributed by atoms with van der Waals surface area (Å²) in [4.78, 5) is 13.7. The number of carbonyl (C=O) groups excluding carboxylic acids is 1. The van der Waals surface area contributed by atoms with Crippen molar-refractivity contribution in [1.82, 2.24) is 4.90 Å². The molecule has 1 amide bonds. The molecule has 1 aromatic carbocycles. The number of hydrogen-bond acceptors (Lipinski definition) is 5. The zero-order chi connectivity index (χ0) is 22.7. The molecule has 2 unspecified atom stereocenters. The third-order valence-corrected chi connectivity index (χ3v) is 10.4. The summed E-state index contributed by atoms with van der Waals surface area (Å²) in [7, 11) is -4.00. The summed E-state index contributed by atoms with van der Waals surface area (Å²) in [6, 6.07) is 8.57. The maximum Gasteiger partial charge on any atom is 0.427 e. The Bertz CT molecular complexity index is 836. The molecule has 0 spiro atoms. The second kappa shape index (κ2) is 9.05. The SMILES string of the molecule is O=C(O[C@H](CO)C(F)(F)F)N1CCCCC2C(CCOCC1)S2(=O)(O)c1ccccc1. The van der Waals surface area contributed by atoms with Gasteiger partial charge in [0.1, 0.15) is 0 Å². The molecule has 1 aromatic rings. The molecule has 2 N–H and O–H groups in total. The van der Waals surface area contributed by atoms with Gasteiger partial charge in [0.15, 0.2) is 0 Å². The van der Waals surface area contributed by atoms with Crippen LogP contribution in [0.15, 0.2) is 35.2 Å². The van der Waals surface area contributed by atoms with Crippen LogP contribution in [0.5, 0.6) is 0 Å². The van der Waals surface area contributed by atoms with E-state index in [2.05, 4.69) is 4.74 Å². The molecule has 0 aliphatic carbocycles. The van der Waals surface area contributed by atoms with Crippen molar-refractivity contribution in [3.8, 4) is 0 Å². The Morgan fingerprint density at radius 1 is 1.16 bits per heavy atom. The van der Waals surface area contributed by atoms with Crippen molar-refractivity contribution in [2.75, 3.05) is 32.9 Å². The smallest absolute Gasteiger partial charge is 0.427 e. The van der Waals surface area contributed by atoms with Crippen LogP contribution in [-0.4, -0.2) is 80.6 Å². The minimum Gasteiger partial charge on any atom is -0.434 e. The third kappa shape index (κ3) is 4.89. The first-order chi connectivity index (χ1) is 14.6. The Labute approximate surface area is 178 Å². The summed E-state index contributed by atoms with van der Waals surface area (Å²) in [5.74, 6) is 0. The standard InChI is InChI=1S/C20H28F3NO6S/c21-20(22,23)18(14-25)30-19(26)24-10-5-4-8-16-17(9-12-29-13-11-24)31(16,27,28)15-6-2-1-3-7-15/h1-3,6-7,16-18,25H,4-5,8-14H2,(H,27,28)/t16?,17?,18-/m1/s1. The van der Waals surface area contributed by atoms with Gasteiger partial charge < -0.3 is 19.5 Å². The van der Waals surface area contributed by atoms with Crippen molar-refractivity contribution in [3.05, 3.63) is 30.3 Å². The van der Waals surface area contributed by atoms with E-state index < -0.39 is 44.8 Å². The van der Waals surface area contributed by atoms with Gasteiger partial charge in [-0.1, -0.05) is 18.2 Å². The van der Waals surface area contributed by atoms with E-state index in [0.717, 1.165) is 4.90 Å². The van der Waals surface area contributed by atoms with Crippen LogP contribution in [0.4, 0.5) is 18.0 Å². The molecule has 7 nitrogen and oxygen atoms in total. The van der Waals surface area contributed by atoms with E-state index in [-0.39, 0.29) is 26.3 Å². The fraction of sp³-hybridized carbons (Fsp3) is 0.650. The third-order valence-electron chi connectivity index (χ3n) is 5.98. The van der Waals surface area contributed by atoms with Gasteiger partial charge in [-0.15, -0.1) is 0 Å². The van der Waals surface area contributed by atoms with Gasteiger partial charge in [0.05, 0.1) is 28.6 Å². The zero-order valence-corrected chi connectivity index (χ0v) is 17.8. The number of halogens is 3. The number of fused-ring (bicyclic) bond motifs is 1. The summed E-state index contributed by atoms with van der Waals surface area (Å²) in [5.41, 5.74) is 0. The summed E-state index contributed by atoms with van der Waals surface area (Å²) in [6.45, 7) is -0.938. The van der Waals surface area contributed by atoms with Crippen LogP contribution in [0.3, 0.4) is 0 Å². The quantitative estimate of drug-likeness (QED) is 0.664. The Balaban J connectivity index is 1.64. The molecule has 0 radical (unpaired) electrons. The van der Waals surface area contributed by atoms with Crippen molar-refractivity contribution < 1.29 is 41.3 Å². The maximum absolute atomic E-state index is 13.7. The molecule has 31 heavy (non-hydrogen) atoms. The predicted molar refractivity (Wildman–Crippen MR) is 107 cm³/mol. The van der Waals surface area contributed by atoms with Crippen molar-refractivity contribution in [2.24, 2.45) is 0 Å². The lowest BCUT2D eigenvalue weighted by Crippen LogP contribution is -2.43. The molecule has 3 atom stereocenters. The van der Waals surface area contributed by atoms with Gasteiger partial charge in [0.25, 0.3) is 0 Å². The number of aliphatic hydroxyl groups excluding tert-OH is 1. The molecule has 0 bridgehead atoms. The normalized spacial score (nSPS) is 28.5. The van der Waals surface area contributed by atoms with Gasteiger partial charge in [-0.3, -0.25) is 4.55 Å². The molecular formula is C20H28F3NO6S. The summed E-state index contributed by atoms with van der Waals surface area (Å²) in [5, 5.41) is 8.07. The first-order valence-electron chi connectivity index (χ1n) is 10.2. The van der Waals surface area contributed by atoms with E-state index in [1.54, 1.807) is 30.3 Å². The number of ether oxygens (including phenoxy) is 2. The lowest BCUT2D eigenvalue weighted by Gasteiger charge is -2.27. The van der Waals surface area contributed by atoms with Crippen LogP contribution in [0, 0.1) is 0 Å². The van der Waals surface area contributed by atoms with E-state index in [1.807, 2.05) is 0 Å². The van der Waals surface area contributed by atoms with Crippen molar-refractivity contribution in [1.29, 1.82) is 0 Å². The van der Waals surface area contributed by atoms with Gasteiger partial charge in [0.2, 0.25) is 6.10 Å². The van der Waals surface area contributed by atoms with Gasteiger partial charge >= 0.3 is 12.3 Å². The fourth-order valence-corrected chi connectivity index (χ4v) is 8.54. The van der Waals surface area contributed by atoms with Gasteiger partial charge in [-0.25, -0.2) is 9.00 Å². The van der Waals surface area contributed by atoms with Crippen molar-refractivity contribution in [2.45, 2.75) is 53.4 Å². The summed E-state index contributed by atoms with van der Waals surface area (Å²) >= 11 is 0. The molecule has 176 valence electrons. The van der Waals surface area contributed by atoms with Crippen molar-refractivity contribution in [3.63, 3.8) is 0 Å². The van der Waals surface area contributed by atoms with Crippen LogP contribution in [0.25, 0.3) is 0 Å². The number of rotatable bonds is 3. The highest BCUT2D eigenvalue weighted by Gasteiger charge is 2.65. The zero-order valence-electron chi connectivity index (χ0n) is 17.0. The van der Waals surface area contributed by atoms with E-state index in [0.29, 0.717) is 30.6 Å². The van der Waals surface area contributed by atoms with Crippen molar-refractivity contribution >= 4 is 15.4 Å². The molecular weight excluding hydrogens is 439 g/mol. The molecule has 2 aliphatic heterocycles. The van der Waals surface area contributed by atoms with Gasteiger partial charge in [-0.2, -0.15) is 22.5 Å². The maximum atomic E-state index is 13.7. The predicted octanol–water partition coefficient (Wildman–Crippen LogP) is 3.04. The Morgan fingerprint density at radius 3 is 2.48 bits per heavy atom. The highest BCUT2D eigenvalue weighted by atomic mass is 32.3. The second-order valence-corrected chi connectivity index (χ2v) is 11.6. The minimum atomic E-state index is -4.86. The van der Waals surface area contributed by atoms with Gasteiger partial charge in [0, 0.05) is 19.7 Å². The van der Waals surface area contributed by atoms with E-state index >= 15 is 0 Å². The lowest BCUT2D eigenvalue weighted by atomic mass is 10.1. The molecule has 2 aliphatic rings. The molecule has 11 heteroatoms. The van der Waals surface area contributed by atoms with Crippen LogP contribution >= 0.6 is 0 Å². The van der Waals surface area contributed by atoms with Crippen LogP contribution in [-0.2, 0) is 18.8 Å². The highest BCUT2D eigenvalue weighted by molar-refractivity contribution is 8.22. The Morgan fingerprint density at radius 2 is 1.84 bits per heavy atom. The number of carbonyl (C=O) groups is 1. The fourth-order valence-electron chi connectivity index (χ4n) is 4.21. The molecule has 0 saturated carbocycles. The molecule has 2 heterocycles. The number of amides is 1. The summed E-state index contributed by atoms with van der Waals surface area (Å²) < 4.78 is 73.2. The Kier molecular flexibility index (Phi) is 6.99. The number of alkyl halides is 3. The molecule has 2 saturated heterocycles. The number of benzene rings is 1. The van der Waals surface area contributed by atoms with Gasteiger partial charge in [-0.05, 0) is 37.8 Å². The lowest BCUT2D eigenvalue weighted by molar-refractivity contribution is -0.214. The molecule has 3 rings (SSSR count). The number of nitrogens with zero attached hydrogens (tertiary/aromatic N) is 1. The minimum absolute atomic E-state index is 0.0277. The van der Waals surface area contributed by atoms with Crippen LogP contribution in [0.1, 0.15) is 25.7 Å². The average molecular weight is 468 g/mol. The number of hydrogen-bond donors (Lipinski definition) is 2. The monoisotopic (exact) mass is 467 g/mol. The highest BCUT2D eigenvalue weighted by Crippen LogP contribution is 2.61. The first kappa shape index (κ1) is 24.0. The van der Waals surface area contributed by atoms with E-state index in [9.17, 15) is 26.7 Å². The molecule has 0 aromatic heterocycles. The molecule has 2 fully saturated rings. The van der Waals surface area contributed by atoms with E-state index in [4.69, 9.17) is 9.84 Å². The van der Waals surface area contributed by atoms with Crippen LogP contribution < -0.4 is 0 Å². The largest absolute Gasteiger partial charge is 0.434 e. The van der Waals surface area contributed by atoms with E-state index in [1.165, 1.54) is 0 Å².